The zero-order valence-corrected chi connectivity index (χ0v) is 12.7. The molecule has 0 N–H and O–H groups in total. The molecule has 0 saturated carbocycles. The molecule has 2 heterocycles. The number of fused-ring (bicyclic) bond motifs is 3. The zero-order valence-electron chi connectivity index (χ0n) is 12.7. The molecule has 0 aliphatic heterocycles. The fourth-order valence-corrected chi connectivity index (χ4v) is 3.02. The summed E-state index contributed by atoms with van der Waals surface area (Å²) in [6.45, 7) is 4.26. The SMILES string of the molecule is Cc1ccc(C)c(-c2nccc3ccc4ncccc4c23)c1. The number of aryl methyl sites for hydroxylation is 2. The first-order chi connectivity index (χ1) is 10.7. The highest BCUT2D eigenvalue weighted by Crippen LogP contribution is 2.33. The Morgan fingerprint density at radius 1 is 0.818 bits per heavy atom. The first kappa shape index (κ1) is 13.0. The van der Waals surface area contributed by atoms with E-state index in [1.165, 1.54) is 27.5 Å². The number of hydrogen-bond acceptors (Lipinski definition) is 2. The van der Waals surface area contributed by atoms with E-state index in [9.17, 15) is 0 Å². The van der Waals surface area contributed by atoms with Crippen LogP contribution >= 0.6 is 0 Å². The Morgan fingerprint density at radius 2 is 1.73 bits per heavy atom. The van der Waals surface area contributed by atoms with Gasteiger partial charge in [0.2, 0.25) is 0 Å². The Kier molecular flexibility index (Phi) is 2.90. The maximum atomic E-state index is 4.70. The molecule has 2 nitrogen and oxygen atoms in total. The van der Waals surface area contributed by atoms with Crippen LogP contribution in [0.25, 0.3) is 32.9 Å². The molecule has 106 valence electrons. The second-order valence-corrected chi connectivity index (χ2v) is 5.71. The van der Waals surface area contributed by atoms with E-state index in [0.717, 1.165) is 16.6 Å². The summed E-state index contributed by atoms with van der Waals surface area (Å²) >= 11 is 0. The topological polar surface area (TPSA) is 25.8 Å². The van der Waals surface area contributed by atoms with Crippen LogP contribution < -0.4 is 0 Å². The molecule has 0 bridgehead atoms. The van der Waals surface area contributed by atoms with Crippen molar-refractivity contribution in [1.29, 1.82) is 0 Å². The molecule has 0 spiro atoms. The molecule has 0 radical (unpaired) electrons. The minimum Gasteiger partial charge on any atom is -0.256 e. The van der Waals surface area contributed by atoms with E-state index in [-0.39, 0.29) is 0 Å². The lowest BCUT2D eigenvalue weighted by Crippen LogP contribution is -1.91. The van der Waals surface area contributed by atoms with E-state index in [1.807, 2.05) is 18.5 Å². The highest BCUT2D eigenvalue weighted by molar-refractivity contribution is 6.12. The van der Waals surface area contributed by atoms with Gasteiger partial charge in [-0.05, 0) is 49.1 Å². The van der Waals surface area contributed by atoms with Gasteiger partial charge >= 0.3 is 0 Å². The first-order valence-electron chi connectivity index (χ1n) is 7.44. The van der Waals surface area contributed by atoms with Gasteiger partial charge in [0.25, 0.3) is 0 Å². The molecule has 2 aromatic heterocycles. The molecule has 0 saturated heterocycles. The van der Waals surface area contributed by atoms with Crippen LogP contribution in [-0.2, 0) is 0 Å². The number of nitrogens with zero attached hydrogens (tertiary/aromatic N) is 2. The third-order valence-electron chi connectivity index (χ3n) is 4.16. The van der Waals surface area contributed by atoms with Gasteiger partial charge in [-0.25, -0.2) is 0 Å². The first-order valence-corrected chi connectivity index (χ1v) is 7.44. The van der Waals surface area contributed by atoms with E-state index < -0.39 is 0 Å². The van der Waals surface area contributed by atoms with Crippen molar-refractivity contribution in [1.82, 2.24) is 9.97 Å². The predicted octanol–water partition coefficient (Wildman–Crippen LogP) is 5.07. The Labute approximate surface area is 129 Å². The number of pyridine rings is 2. The molecule has 4 aromatic rings. The Morgan fingerprint density at radius 3 is 2.64 bits per heavy atom. The molecule has 2 heteroatoms. The van der Waals surface area contributed by atoms with Crippen molar-refractivity contribution in [2.24, 2.45) is 0 Å². The quantitative estimate of drug-likeness (QED) is 0.456. The highest BCUT2D eigenvalue weighted by atomic mass is 14.7. The van der Waals surface area contributed by atoms with Crippen LogP contribution in [-0.4, -0.2) is 9.97 Å². The van der Waals surface area contributed by atoms with Crippen LogP contribution in [0, 0.1) is 13.8 Å². The fraction of sp³-hybridized carbons (Fsp3) is 0.100. The van der Waals surface area contributed by atoms with E-state index in [1.54, 1.807) is 0 Å². The van der Waals surface area contributed by atoms with Crippen molar-refractivity contribution in [2.45, 2.75) is 13.8 Å². The van der Waals surface area contributed by atoms with Crippen LogP contribution in [0.4, 0.5) is 0 Å². The number of hydrogen-bond donors (Lipinski definition) is 0. The van der Waals surface area contributed by atoms with Crippen LogP contribution in [0.15, 0.2) is 60.9 Å². The normalized spacial score (nSPS) is 11.2. The van der Waals surface area contributed by atoms with E-state index in [2.05, 4.69) is 61.3 Å². The van der Waals surface area contributed by atoms with E-state index in [0.29, 0.717) is 0 Å². The zero-order chi connectivity index (χ0) is 15.1. The van der Waals surface area contributed by atoms with Gasteiger partial charge in [-0.15, -0.1) is 0 Å². The molecule has 0 amide bonds. The average molecular weight is 284 g/mol. The predicted molar refractivity (Wildman–Crippen MR) is 92.0 cm³/mol. The van der Waals surface area contributed by atoms with Gasteiger partial charge in [0.05, 0.1) is 11.2 Å². The molecule has 0 aliphatic carbocycles. The molecule has 0 atom stereocenters. The lowest BCUT2D eigenvalue weighted by atomic mass is 9.96. The number of benzene rings is 2. The lowest BCUT2D eigenvalue weighted by Gasteiger charge is -2.11. The minimum absolute atomic E-state index is 1.01. The van der Waals surface area contributed by atoms with Gasteiger partial charge < -0.3 is 0 Å². The largest absolute Gasteiger partial charge is 0.256 e. The van der Waals surface area contributed by atoms with Crippen LogP contribution in [0.3, 0.4) is 0 Å². The summed E-state index contributed by atoms with van der Waals surface area (Å²) in [4.78, 5) is 9.18. The summed E-state index contributed by atoms with van der Waals surface area (Å²) in [5.74, 6) is 0. The Balaban J connectivity index is 2.18. The van der Waals surface area contributed by atoms with Crippen LogP contribution in [0.5, 0.6) is 0 Å². The Bertz CT molecular complexity index is 1000. The summed E-state index contributed by atoms with van der Waals surface area (Å²) in [5, 5.41) is 3.54. The van der Waals surface area contributed by atoms with Crippen molar-refractivity contribution < 1.29 is 0 Å². The van der Waals surface area contributed by atoms with Gasteiger partial charge in [-0.2, -0.15) is 0 Å². The van der Waals surface area contributed by atoms with Gasteiger partial charge in [-0.3, -0.25) is 9.97 Å². The summed E-state index contributed by atoms with van der Waals surface area (Å²) in [6, 6.07) is 16.9. The van der Waals surface area contributed by atoms with Gasteiger partial charge in [0.15, 0.2) is 0 Å². The second-order valence-electron chi connectivity index (χ2n) is 5.71. The highest BCUT2D eigenvalue weighted by Gasteiger charge is 2.11. The van der Waals surface area contributed by atoms with Crippen molar-refractivity contribution in [3.05, 3.63) is 72.1 Å². The molecule has 2 aromatic carbocycles. The standard InChI is InChI=1S/C20H16N2/c1-13-5-6-14(2)17(12-13)20-19-15(9-11-22-20)7-8-18-16(19)4-3-10-21-18/h3-12H,1-2H3. The maximum absolute atomic E-state index is 4.70. The molecule has 4 rings (SSSR count). The van der Waals surface area contributed by atoms with Crippen molar-refractivity contribution in [3.8, 4) is 11.3 Å². The summed E-state index contributed by atoms with van der Waals surface area (Å²) in [6.07, 6.45) is 3.73. The fourth-order valence-electron chi connectivity index (χ4n) is 3.02. The molecular formula is C20H16N2. The van der Waals surface area contributed by atoms with Gasteiger partial charge in [0, 0.05) is 28.7 Å². The summed E-state index contributed by atoms with van der Waals surface area (Å²) in [7, 11) is 0. The van der Waals surface area contributed by atoms with Crippen molar-refractivity contribution >= 4 is 21.7 Å². The van der Waals surface area contributed by atoms with Crippen molar-refractivity contribution in [2.75, 3.05) is 0 Å². The molecule has 22 heavy (non-hydrogen) atoms. The maximum Gasteiger partial charge on any atom is 0.0789 e. The summed E-state index contributed by atoms with van der Waals surface area (Å²) < 4.78 is 0. The minimum atomic E-state index is 1.01. The average Bonchev–Trinajstić information content (AvgIpc) is 2.56. The molecular weight excluding hydrogens is 268 g/mol. The molecule has 0 aliphatic rings. The third kappa shape index (κ3) is 1.96. The van der Waals surface area contributed by atoms with E-state index in [4.69, 9.17) is 4.98 Å². The van der Waals surface area contributed by atoms with E-state index >= 15 is 0 Å². The Hall–Kier alpha value is -2.74. The molecule has 0 unspecified atom stereocenters. The van der Waals surface area contributed by atoms with Crippen LogP contribution in [0.1, 0.15) is 11.1 Å². The monoisotopic (exact) mass is 284 g/mol. The molecule has 0 fully saturated rings. The number of rotatable bonds is 1. The van der Waals surface area contributed by atoms with Gasteiger partial charge in [0.1, 0.15) is 0 Å². The van der Waals surface area contributed by atoms with Crippen LogP contribution in [0.2, 0.25) is 0 Å². The number of aromatic nitrogens is 2. The smallest absolute Gasteiger partial charge is 0.0789 e. The van der Waals surface area contributed by atoms with Crippen molar-refractivity contribution in [3.63, 3.8) is 0 Å². The second kappa shape index (κ2) is 4.92. The van der Waals surface area contributed by atoms with Gasteiger partial charge in [-0.1, -0.05) is 29.8 Å². The summed E-state index contributed by atoms with van der Waals surface area (Å²) in [5.41, 5.74) is 5.73. The third-order valence-corrected chi connectivity index (χ3v) is 4.16. The lowest BCUT2D eigenvalue weighted by molar-refractivity contribution is 1.32.